The molecule has 7 nitrogen and oxygen atoms in total. The first-order chi connectivity index (χ1) is 14.3. The molecule has 0 aromatic heterocycles. The number of ether oxygens (including phenoxy) is 2. The van der Waals surface area contributed by atoms with Gasteiger partial charge in [0.05, 0.1) is 11.6 Å². The van der Waals surface area contributed by atoms with Crippen LogP contribution in [0.3, 0.4) is 0 Å². The van der Waals surface area contributed by atoms with Gasteiger partial charge >= 0.3 is 6.03 Å². The third-order valence-electron chi connectivity index (χ3n) is 4.54. The third-order valence-corrected chi connectivity index (χ3v) is 4.82. The van der Waals surface area contributed by atoms with Crippen LogP contribution in [0.4, 0.5) is 4.79 Å². The Bertz CT molecular complexity index is 1040. The summed E-state index contributed by atoms with van der Waals surface area (Å²) in [5.74, 6) is -0.819. The van der Waals surface area contributed by atoms with Gasteiger partial charge in [-0.15, -0.1) is 0 Å². The van der Waals surface area contributed by atoms with Crippen molar-refractivity contribution in [1.82, 2.24) is 10.6 Å². The SMILES string of the molecule is CCOc1cc(C=C2C(=O)NC(=O)NC2=O)cc(Cl)c1OCc1ccc(C)c(C)c1. The molecule has 1 aliphatic rings. The van der Waals surface area contributed by atoms with Gasteiger partial charge in [-0.3, -0.25) is 20.2 Å². The largest absolute Gasteiger partial charge is 0.490 e. The molecule has 1 heterocycles. The number of nitrogens with one attached hydrogen (secondary N) is 2. The first kappa shape index (κ1) is 21.4. The predicted molar refractivity (Wildman–Crippen MR) is 113 cm³/mol. The van der Waals surface area contributed by atoms with Crippen molar-refractivity contribution in [3.63, 3.8) is 0 Å². The van der Waals surface area contributed by atoms with Gasteiger partial charge in [0.2, 0.25) is 0 Å². The fourth-order valence-corrected chi connectivity index (χ4v) is 3.17. The smallest absolute Gasteiger partial charge is 0.328 e. The van der Waals surface area contributed by atoms with Gasteiger partial charge in [0.1, 0.15) is 12.2 Å². The van der Waals surface area contributed by atoms with Gasteiger partial charge in [-0.2, -0.15) is 0 Å². The predicted octanol–water partition coefficient (Wildman–Crippen LogP) is 3.68. The highest BCUT2D eigenvalue weighted by Gasteiger charge is 2.28. The summed E-state index contributed by atoms with van der Waals surface area (Å²) in [7, 11) is 0. The molecule has 1 saturated heterocycles. The zero-order valence-corrected chi connectivity index (χ0v) is 17.6. The van der Waals surface area contributed by atoms with Crippen molar-refractivity contribution < 1.29 is 23.9 Å². The number of hydrogen-bond acceptors (Lipinski definition) is 5. The molecule has 3 rings (SSSR count). The van der Waals surface area contributed by atoms with Gasteiger partial charge in [-0.25, -0.2) is 4.79 Å². The molecule has 30 heavy (non-hydrogen) atoms. The van der Waals surface area contributed by atoms with Crippen LogP contribution in [-0.4, -0.2) is 24.5 Å². The molecule has 0 bridgehead atoms. The van der Waals surface area contributed by atoms with Crippen molar-refractivity contribution >= 4 is 35.5 Å². The zero-order chi connectivity index (χ0) is 21.8. The number of rotatable bonds is 6. The van der Waals surface area contributed by atoms with Crippen LogP contribution in [-0.2, 0) is 16.2 Å². The lowest BCUT2D eigenvalue weighted by Crippen LogP contribution is -2.51. The second-order valence-corrected chi connectivity index (χ2v) is 7.17. The van der Waals surface area contributed by atoms with E-state index in [1.54, 1.807) is 12.1 Å². The summed E-state index contributed by atoms with van der Waals surface area (Å²) in [5.41, 5.74) is 3.59. The maximum absolute atomic E-state index is 11.9. The summed E-state index contributed by atoms with van der Waals surface area (Å²) in [5, 5.41) is 4.32. The summed E-state index contributed by atoms with van der Waals surface area (Å²) in [6.45, 7) is 6.56. The number of carbonyl (C=O) groups excluding carboxylic acids is 3. The molecule has 0 saturated carbocycles. The van der Waals surface area contributed by atoms with Crippen LogP contribution >= 0.6 is 11.6 Å². The Morgan fingerprint density at radius 2 is 1.67 bits per heavy atom. The fraction of sp³-hybridized carbons (Fsp3) is 0.227. The van der Waals surface area contributed by atoms with E-state index in [1.165, 1.54) is 11.6 Å². The number of benzene rings is 2. The second kappa shape index (κ2) is 9.00. The Labute approximate surface area is 179 Å². The number of barbiturate groups is 1. The maximum atomic E-state index is 11.9. The van der Waals surface area contributed by atoms with Gasteiger partial charge in [0.15, 0.2) is 11.5 Å². The molecule has 0 aliphatic carbocycles. The molecule has 1 aliphatic heterocycles. The summed E-state index contributed by atoms with van der Waals surface area (Å²) in [4.78, 5) is 35.1. The Kier molecular flexibility index (Phi) is 6.42. The first-order valence-corrected chi connectivity index (χ1v) is 9.70. The fourth-order valence-electron chi connectivity index (χ4n) is 2.90. The van der Waals surface area contributed by atoms with E-state index < -0.39 is 17.8 Å². The molecular weight excluding hydrogens is 408 g/mol. The normalized spacial score (nSPS) is 13.6. The molecule has 0 spiro atoms. The number of imide groups is 2. The molecule has 2 aromatic carbocycles. The molecule has 2 N–H and O–H groups in total. The monoisotopic (exact) mass is 428 g/mol. The van der Waals surface area contributed by atoms with Crippen LogP contribution in [0, 0.1) is 13.8 Å². The molecule has 8 heteroatoms. The van der Waals surface area contributed by atoms with E-state index in [2.05, 4.69) is 0 Å². The lowest BCUT2D eigenvalue weighted by atomic mass is 10.1. The van der Waals surface area contributed by atoms with Crippen LogP contribution in [0.1, 0.15) is 29.2 Å². The van der Waals surface area contributed by atoms with Crippen LogP contribution in [0.25, 0.3) is 6.08 Å². The summed E-state index contributed by atoms with van der Waals surface area (Å²) in [6.07, 6.45) is 1.33. The van der Waals surface area contributed by atoms with Gasteiger partial charge in [0.25, 0.3) is 11.8 Å². The Hall–Kier alpha value is -3.32. The Morgan fingerprint density at radius 1 is 0.967 bits per heavy atom. The summed E-state index contributed by atoms with van der Waals surface area (Å²) >= 11 is 6.42. The molecule has 0 radical (unpaired) electrons. The van der Waals surface area contributed by atoms with Gasteiger partial charge in [0, 0.05) is 0 Å². The van der Waals surface area contributed by atoms with E-state index in [9.17, 15) is 14.4 Å². The maximum Gasteiger partial charge on any atom is 0.328 e. The van der Waals surface area contributed by atoms with Crippen LogP contribution < -0.4 is 20.1 Å². The molecule has 0 atom stereocenters. The second-order valence-electron chi connectivity index (χ2n) is 6.77. The van der Waals surface area contributed by atoms with Crippen molar-refractivity contribution in [1.29, 1.82) is 0 Å². The number of urea groups is 1. The highest BCUT2D eigenvalue weighted by atomic mass is 35.5. The number of carbonyl (C=O) groups is 3. The highest BCUT2D eigenvalue weighted by molar-refractivity contribution is 6.33. The van der Waals surface area contributed by atoms with Gasteiger partial charge in [-0.05, 0) is 61.2 Å². The summed E-state index contributed by atoms with van der Waals surface area (Å²) in [6, 6.07) is 8.38. The van der Waals surface area contributed by atoms with Crippen LogP contribution in [0.5, 0.6) is 11.5 Å². The van der Waals surface area contributed by atoms with E-state index in [4.69, 9.17) is 21.1 Å². The van der Waals surface area contributed by atoms with E-state index in [1.807, 2.05) is 49.6 Å². The Morgan fingerprint density at radius 3 is 2.30 bits per heavy atom. The molecule has 4 amide bonds. The minimum Gasteiger partial charge on any atom is -0.490 e. The highest BCUT2D eigenvalue weighted by Crippen LogP contribution is 2.38. The first-order valence-electron chi connectivity index (χ1n) is 9.32. The van der Waals surface area contributed by atoms with Crippen LogP contribution in [0.15, 0.2) is 35.9 Å². The van der Waals surface area contributed by atoms with E-state index >= 15 is 0 Å². The number of amides is 4. The summed E-state index contributed by atoms with van der Waals surface area (Å²) < 4.78 is 11.6. The molecule has 0 unspecified atom stereocenters. The van der Waals surface area contributed by atoms with Crippen molar-refractivity contribution in [3.8, 4) is 11.5 Å². The average Bonchev–Trinajstić information content (AvgIpc) is 2.67. The van der Waals surface area contributed by atoms with E-state index in [-0.39, 0.29) is 10.6 Å². The Balaban J connectivity index is 1.89. The van der Waals surface area contributed by atoms with Gasteiger partial charge in [-0.1, -0.05) is 29.8 Å². The van der Waals surface area contributed by atoms with E-state index in [0.717, 1.165) is 11.1 Å². The van der Waals surface area contributed by atoms with Crippen molar-refractivity contribution in [3.05, 3.63) is 63.2 Å². The van der Waals surface area contributed by atoms with Crippen LogP contribution in [0.2, 0.25) is 5.02 Å². The standard InChI is InChI=1S/C22H21ClN2O5/c1-4-29-18-10-15(8-16-20(26)24-22(28)25-21(16)27)9-17(23)19(18)30-11-14-6-5-12(2)13(3)7-14/h5-10H,4,11H2,1-3H3,(H2,24,25,26,27,28). The average molecular weight is 429 g/mol. The van der Waals surface area contributed by atoms with Crippen molar-refractivity contribution in [2.24, 2.45) is 0 Å². The number of aryl methyl sites for hydroxylation is 2. The minimum absolute atomic E-state index is 0.211. The number of halogens is 1. The lowest BCUT2D eigenvalue weighted by molar-refractivity contribution is -0.123. The van der Waals surface area contributed by atoms with E-state index in [0.29, 0.717) is 30.3 Å². The van der Waals surface area contributed by atoms with Crippen molar-refractivity contribution in [2.75, 3.05) is 6.61 Å². The molecular formula is C22H21ClN2O5. The molecule has 2 aromatic rings. The molecule has 1 fully saturated rings. The topological polar surface area (TPSA) is 93.7 Å². The van der Waals surface area contributed by atoms with Crippen molar-refractivity contribution in [2.45, 2.75) is 27.4 Å². The lowest BCUT2D eigenvalue weighted by Gasteiger charge is -2.16. The minimum atomic E-state index is -0.856. The number of hydrogen-bond donors (Lipinski definition) is 2. The third kappa shape index (κ3) is 4.80. The molecule has 156 valence electrons. The quantitative estimate of drug-likeness (QED) is 0.540. The zero-order valence-electron chi connectivity index (χ0n) is 16.8. The van der Waals surface area contributed by atoms with Gasteiger partial charge < -0.3 is 9.47 Å².